The molecule has 1 aromatic carbocycles. The molecule has 0 radical (unpaired) electrons. The van der Waals surface area contributed by atoms with Crippen LogP contribution >= 0.6 is 11.8 Å². The molecule has 0 aliphatic heterocycles. The summed E-state index contributed by atoms with van der Waals surface area (Å²) in [6, 6.07) is 7.34. The van der Waals surface area contributed by atoms with E-state index in [1.165, 1.54) is 11.8 Å². The summed E-state index contributed by atoms with van der Waals surface area (Å²) in [5, 5.41) is 12.9. The maximum atomic E-state index is 8.81. The van der Waals surface area contributed by atoms with Crippen molar-refractivity contribution in [2.75, 3.05) is 5.73 Å². The molecule has 2 rings (SSSR count). The number of benzene rings is 1. The van der Waals surface area contributed by atoms with E-state index >= 15 is 0 Å². The second-order valence-electron chi connectivity index (χ2n) is 3.32. The number of nitrogens with two attached hydrogens (primary N) is 1. The van der Waals surface area contributed by atoms with Crippen LogP contribution in [0.15, 0.2) is 40.4 Å². The molecular weight excluding hydrogens is 220 g/mol. The number of rotatable bonds is 2. The van der Waals surface area contributed by atoms with Gasteiger partial charge in [0.15, 0.2) is 0 Å². The Bertz CT molecular complexity index is 553. The predicted octanol–water partition coefficient (Wildman–Crippen LogP) is 2.03. The summed E-state index contributed by atoms with van der Waals surface area (Å²) in [4.78, 5) is 1.89. The van der Waals surface area contributed by atoms with Crippen LogP contribution in [-0.2, 0) is 7.05 Å². The van der Waals surface area contributed by atoms with Gasteiger partial charge in [0.1, 0.15) is 0 Å². The molecule has 0 atom stereocenters. The first-order chi connectivity index (χ1) is 7.69. The van der Waals surface area contributed by atoms with Crippen molar-refractivity contribution in [1.82, 2.24) is 9.78 Å². The summed E-state index contributed by atoms with van der Waals surface area (Å²) in [7, 11) is 1.86. The van der Waals surface area contributed by atoms with Gasteiger partial charge in [0.25, 0.3) is 0 Å². The minimum Gasteiger partial charge on any atom is -0.398 e. The van der Waals surface area contributed by atoms with Crippen LogP contribution in [0.3, 0.4) is 0 Å². The number of nitrogens with zero attached hydrogens (tertiary/aromatic N) is 3. The standard InChI is InChI=1S/C11H10N4S/c1-15-7-9(6-14-15)16-11-4-8(5-12)2-3-10(11)13/h2-4,6-7H,13H2,1H3. The van der Waals surface area contributed by atoms with Crippen LogP contribution in [-0.4, -0.2) is 9.78 Å². The summed E-state index contributed by atoms with van der Waals surface area (Å²) in [6.07, 6.45) is 3.67. The van der Waals surface area contributed by atoms with Gasteiger partial charge in [-0.25, -0.2) is 0 Å². The largest absolute Gasteiger partial charge is 0.398 e. The van der Waals surface area contributed by atoms with E-state index in [1.807, 2.05) is 13.2 Å². The summed E-state index contributed by atoms with van der Waals surface area (Å²) in [5.74, 6) is 0. The Morgan fingerprint density at radius 1 is 1.50 bits per heavy atom. The molecule has 0 unspecified atom stereocenters. The van der Waals surface area contributed by atoms with E-state index in [0.29, 0.717) is 11.3 Å². The monoisotopic (exact) mass is 230 g/mol. The molecule has 16 heavy (non-hydrogen) atoms. The van der Waals surface area contributed by atoms with E-state index in [4.69, 9.17) is 11.0 Å². The fourth-order valence-electron chi connectivity index (χ4n) is 1.27. The van der Waals surface area contributed by atoms with Crippen molar-refractivity contribution in [2.45, 2.75) is 9.79 Å². The predicted molar refractivity (Wildman–Crippen MR) is 62.9 cm³/mol. The number of aromatic nitrogens is 2. The maximum Gasteiger partial charge on any atom is 0.0992 e. The van der Waals surface area contributed by atoms with Gasteiger partial charge in [-0.3, -0.25) is 4.68 Å². The van der Waals surface area contributed by atoms with E-state index in [9.17, 15) is 0 Å². The number of aryl methyl sites for hydroxylation is 1. The maximum absolute atomic E-state index is 8.81. The van der Waals surface area contributed by atoms with E-state index < -0.39 is 0 Å². The number of hydrogen-bond donors (Lipinski definition) is 1. The Balaban J connectivity index is 2.30. The molecular formula is C11H10N4S. The van der Waals surface area contributed by atoms with Gasteiger partial charge in [0.05, 0.1) is 22.7 Å². The molecule has 0 spiro atoms. The molecule has 80 valence electrons. The summed E-state index contributed by atoms with van der Waals surface area (Å²) in [6.45, 7) is 0. The van der Waals surface area contributed by atoms with Gasteiger partial charge in [-0.15, -0.1) is 0 Å². The van der Waals surface area contributed by atoms with Crippen LogP contribution < -0.4 is 5.73 Å². The summed E-state index contributed by atoms with van der Waals surface area (Å²) >= 11 is 1.51. The van der Waals surface area contributed by atoms with E-state index in [0.717, 1.165) is 9.79 Å². The minimum absolute atomic E-state index is 0.612. The quantitative estimate of drug-likeness (QED) is 0.801. The van der Waals surface area contributed by atoms with Crippen molar-refractivity contribution >= 4 is 17.4 Å². The van der Waals surface area contributed by atoms with Gasteiger partial charge in [-0.1, -0.05) is 11.8 Å². The molecule has 0 bridgehead atoms. The third-order valence-corrected chi connectivity index (χ3v) is 3.07. The molecule has 0 saturated carbocycles. The van der Waals surface area contributed by atoms with E-state index in [1.54, 1.807) is 29.1 Å². The Labute approximate surface area is 97.7 Å². The molecule has 1 heterocycles. The van der Waals surface area contributed by atoms with Crippen LogP contribution in [0.4, 0.5) is 5.69 Å². The first-order valence-electron chi connectivity index (χ1n) is 4.65. The van der Waals surface area contributed by atoms with Crippen molar-refractivity contribution in [1.29, 1.82) is 5.26 Å². The minimum atomic E-state index is 0.612. The second-order valence-corrected chi connectivity index (χ2v) is 4.43. The van der Waals surface area contributed by atoms with Crippen LogP contribution in [0.1, 0.15) is 5.56 Å². The van der Waals surface area contributed by atoms with Gasteiger partial charge in [0.2, 0.25) is 0 Å². The van der Waals surface area contributed by atoms with Crippen molar-refractivity contribution in [2.24, 2.45) is 7.05 Å². The Hall–Kier alpha value is -1.93. The number of nitriles is 1. The SMILES string of the molecule is Cn1cc(Sc2cc(C#N)ccc2N)cn1. The lowest BCUT2D eigenvalue weighted by atomic mass is 10.2. The molecule has 0 amide bonds. The highest BCUT2D eigenvalue weighted by Gasteiger charge is 2.04. The smallest absolute Gasteiger partial charge is 0.0992 e. The zero-order valence-electron chi connectivity index (χ0n) is 8.71. The van der Waals surface area contributed by atoms with Crippen LogP contribution in [0, 0.1) is 11.3 Å². The fraction of sp³-hybridized carbons (Fsp3) is 0.0909. The third-order valence-electron chi connectivity index (χ3n) is 2.05. The van der Waals surface area contributed by atoms with Crippen molar-refractivity contribution in [3.8, 4) is 6.07 Å². The average Bonchev–Trinajstić information content (AvgIpc) is 2.67. The Morgan fingerprint density at radius 3 is 2.94 bits per heavy atom. The van der Waals surface area contributed by atoms with Crippen LogP contribution in [0.2, 0.25) is 0 Å². The molecule has 0 aliphatic rings. The molecule has 0 saturated heterocycles. The van der Waals surface area contributed by atoms with Crippen molar-refractivity contribution in [3.05, 3.63) is 36.2 Å². The molecule has 4 nitrogen and oxygen atoms in total. The molecule has 0 aliphatic carbocycles. The summed E-state index contributed by atoms with van der Waals surface area (Å²) < 4.78 is 1.73. The molecule has 1 aromatic heterocycles. The molecule has 2 N–H and O–H groups in total. The Kier molecular flexibility index (Phi) is 2.84. The first kappa shape index (κ1) is 10.6. The zero-order valence-corrected chi connectivity index (χ0v) is 9.53. The van der Waals surface area contributed by atoms with Gasteiger partial charge < -0.3 is 5.73 Å². The van der Waals surface area contributed by atoms with Crippen molar-refractivity contribution in [3.63, 3.8) is 0 Å². The number of anilines is 1. The number of nitrogen functional groups attached to an aromatic ring is 1. The highest BCUT2D eigenvalue weighted by atomic mass is 32.2. The topological polar surface area (TPSA) is 67.6 Å². The lowest BCUT2D eigenvalue weighted by molar-refractivity contribution is 0.766. The van der Waals surface area contributed by atoms with E-state index in [-0.39, 0.29) is 0 Å². The second kappa shape index (κ2) is 4.29. The average molecular weight is 230 g/mol. The molecule has 2 aromatic rings. The highest BCUT2D eigenvalue weighted by molar-refractivity contribution is 7.99. The lowest BCUT2D eigenvalue weighted by Crippen LogP contribution is -1.89. The van der Waals surface area contributed by atoms with Gasteiger partial charge in [-0.2, -0.15) is 10.4 Å². The third kappa shape index (κ3) is 2.18. The van der Waals surface area contributed by atoms with Gasteiger partial charge in [0, 0.05) is 23.8 Å². The fourth-order valence-corrected chi connectivity index (χ4v) is 2.20. The summed E-state index contributed by atoms with van der Waals surface area (Å²) in [5.41, 5.74) is 7.13. The molecule has 5 heteroatoms. The van der Waals surface area contributed by atoms with Crippen LogP contribution in [0.25, 0.3) is 0 Å². The van der Waals surface area contributed by atoms with Gasteiger partial charge >= 0.3 is 0 Å². The van der Waals surface area contributed by atoms with Gasteiger partial charge in [-0.05, 0) is 18.2 Å². The zero-order chi connectivity index (χ0) is 11.5. The lowest BCUT2D eigenvalue weighted by Gasteiger charge is -2.03. The molecule has 0 fully saturated rings. The number of hydrogen-bond acceptors (Lipinski definition) is 4. The van der Waals surface area contributed by atoms with E-state index in [2.05, 4.69) is 11.2 Å². The van der Waals surface area contributed by atoms with Crippen molar-refractivity contribution < 1.29 is 0 Å². The first-order valence-corrected chi connectivity index (χ1v) is 5.47. The highest BCUT2D eigenvalue weighted by Crippen LogP contribution is 2.32. The Morgan fingerprint density at radius 2 is 2.31 bits per heavy atom. The van der Waals surface area contributed by atoms with Crippen LogP contribution in [0.5, 0.6) is 0 Å². The normalized spacial score (nSPS) is 10.0.